The molecule has 194 valence electrons. The van der Waals surface area contributed by atoms with Gasteiger partial charge in [0.25, 0.3) is 11.9 Å². The van der Waals surface area contributed by atoms with E-state index in [4.69, 9.17) is 18.9 Å². The highest BCUT2D eigenvalue weighted by molar-refractivity contribution is 5.69. The number of ether oxygens (including phenoxy) is 5. The Morgan fingerprint density at radius 3 is 2.47 bits per heavy atom. The van der Waals surface area contributed by atoms with E-state index in [0.717, 1.165) is 6.07 Å². The van der Waals surface area contributed by atoms with Gasteiger partial charge in [0, 0.05) is 19.1 Å². The fourth-order valence-electron chi connectivity index (χ4n) is 3.97. The predicted octanol–water partition coefficient (Wildman–Crippen LogP) is 0.536. The van der Waals surface area contributed by atoms with Gasteiger partial charge in [-0.1, -0.05) is 0 Å². The van der Waals surface area contributed by atoms with Gasteiger partial charge in [0.2, 0.25) is 6.29 Å². The predicted molar refractivity (Wildman–Crippen MR) is 121 cm³/mol. The number of aliphatic hydroxyl groups is 4. The van der Waals surface area contributed by atoms with Crippen molar-refractivity contribution >= 4 is 12.0 Å². The van der Waals surface area contributed by atoms with Gasteiger partial charge in [-0.25, -0.2) is 0 Å². The van der Waals surface area contributed by atoms with Crippen molar-refractivity contribution in [1.82, 2.24) is 0 Å². The molecule has 0 bridgehead atoms. The monoisotopic (exact) mass is 507 g/mol. The summed E-state index contributed by atoms with van der Waals surface area (Å²) in [7, 11) is 1.37. The Kier molecular flexibility index (Phi) is 7.13. The van der Waals surface area contributed by atoms with Gasteiger partial charge in [-0.3, -0.25) is 4.79 Å². The van der Waals surface area contributed by atoms with Crippen LogP contribution in [0.5, 0.6) is 28.7 Å². The highest BCUT2D eigenvalue weighted by Gasteiger charge is 2.47. The highest BCUT2D eigenvalue weighted by atomic mass is 16.7. The third kappa shape index (κ3) is 4.97. The van der Waals surface area contributed by atoms with Crippen LogP contribution < -0.4 is 4.74 Å². The lowest BCUT2D eigenvalue weighted by Gasteiger charge is -2.40. The molecule has 7 N–H and O–H groups in total. The van der Waals surface area contributed by atoms with E-state index < -0.39 is 49.4 Å². The molecule has 2 aromatic rings. The van der Waals surface area contributed by atoms with Crippen molar-refractivity contribution in [3.8, 4) is 28.7 Å². The molecule has 0 amide bonds. The smallest absolute Gasteiger partial charge is 0.302 e. The van der Waals surface area contributed by atoms with Crippen molar-refractivity contribution in [2.24, 2.45) is 0 Å². The fourth-order valence-corrected chi connectivity index (χ4v) is 3.97. The van der Waals surface area contributed by atoms with Crippen molar-refractivity contribution in [3.05, 3.63) is 47.2 Å². The number of rotatable bonds is 6. The van der Waals surface area contributed by atoms with Crippen LogP contribution >= 0.6 is 0 Å². The zero-order valence-corrected chi connectivity index (χ0v) is 19.3. The van der Waals surface area contributed by atoms with Gasteiger partial charge >= 0.3 is 5.97 Å². The zero-order chi connectivity index (χ0) is 26.1. The summed E-state index contributed by atoms with van der Waals surface area (Å²) in [6.07, 6.45) is -7.16. The summed E-state index contributed by atoms with van der Waals surface area (Å²) >= 11 is 0. The quantitative estimate of drug-likeness (QED) is 0.236. The van der Waals surface area contributed by atoms with E-state index in [0.29, 0.717) is 5.56 Å². The summed E-state index contributed by atoms with van der Waals surface area (Å²) in [5, 5.41) is 61.4. The molecule has 0 spiro atoms. The number of carbonyl (C=O) groups is 1. The normalized spacial score (nSPS) is 27.3. The Hall–Kier alpha value is -3.71. The van der Waals surface area contributed by atoms with Crippen LogP contribution in [0.15, 0.2) is 36.1 Å². The topological polar surface area (TPSA) is 188 Å². The van der Waals surface area contributed by atoms with Crippen molar-refractivity contribution in [3.63, 3.8) is 0 Å². The Morgan fingerprint density at radius 2 is 1.78 bits per heavy atom. The number of methoxy groups -OCH3 is 1. The summed E-state index contributed by atoms with van der Waals surface area (Å²) in [5.41, 5.74) is 0.693. The number of hydrogen-bond donors (Lipinski definition) is 6. The second-order valence-corrected chi connectivity index (χ2v) is 8.34. The lowest BCUT2D eigenvalue weighted by molar-refractivity contribution is -0.296. The minimum Gasteiger partial charge on any atom is -0.571 e. The molecule has 36 heavy (non-hydrogen) atoms. The molecule has 12 heteroatoms. The molecular formula is C24H27O12+. The van der Waals surface area contributed by atoms with Crippen LogP contribution in [0.2, 0.25) is 0 Å². The summed E-state index contributed by atoms with van der Waals surface area (Å²) < 4.78 is 26.1. The Bertz CT molecular complexity index is 1160. The number of benzene rings is 2. The summed E-state index contributed by atoms with van der Waals surface area (Å²) in [6, 6.07) is 6.91. The average molecular weight is 507 g/mol. The molecule has 1 fully saturated rings. The highest BCUT2D eigenvalue weighted by Crippen LogP contribution is 2.46. The molecule has 6 unspecified atom stereocenters. The van der Waals surface area contributed by atoms with Crippen molar-refractivity contribution in [1.29, 1.82) is 0 Å². The Balaban J connectivity index is 1.70. The molecule has 12 nitrogen and oxygen atoms in total. The van der Waals surface area contributed by atoms with Crippen LogP contribution in [0.4, 0.5) is 0 Å². The second-order valence-electron chi connectivity index (χ2n) is 8.34. The number of fused-ring (bicyclic) bond motifs is 1. The molecule has 6 atom stereocenters. The third-order valence-corrected chi connectivity index (χ3v) is 5.84. The van der Waals surface area contributed by atoms with E-state index in [1.165, 1.54) is 38.3 Å². The van der Waals surface area contributed by atoms with E-state index in [1.54, 1.807) is 6.07 Å². The first-order chi connectivity index (χ1) is 17.1. The average Bonchev–Trinajstić information content (AvgIpc) is 2.83. The fraction of sp³-hybridized carbons (Fsp3) is 0.375. The SMILES string of the molecule is COc1cc(C2[OH+]c3cc(O)cc(O)c3C=C2OC2OC(COC(C)=O)C(O)C(O)C2O)ccc1O. The van der Waals surface area contributed by atoms with Gasteiger partial charge in [0.05, 0.1) is 18.7 Å². The molecule has 1 saturated heterocycles. The van der Waals surface area contributed by atoms with Crippen molar-refractivity contribution in [2.75, 3.05) is 13.7 Å². The van der Waals surface area contributed by atoms with Crippen LogP contribution in [0.25, 0.3) is 6.08 Å². The molecule has 2 aromatic carbocycles. The van der Waals surface area contributed by atoms with Gasteiger partial charge < -0.3 is 54.3 Å². The first-order valence-corrected chi connectivity index (χ1v) is 10.9. The molecule has 0 aromatic heterocycles. The number of aromatic hydroxyl groups is 4. The zero-order valence-electron chi connectivity index (χ0n) is 19.3. The summed E-state index contributed by atoms with van der Waals surface area (Å²) in [4.78, 5) is 11.2. The maximum Gasteiger partial charge on any atom is 0.302 e. The van der Waals surface area contributed by atoms with Gasteiger partial charge in [0.15, 0.2) is 17.3 Å². The molecule has 2 heterocycles. The number of phenols is 3. The first-order valence-electron chi connectivity index (χ1n) is 10.9. The van der Waals surface area contributed by atoms with Crippen LogP contribution in [0, 0.1) is 0 Å². The van der Waals surface area contributed by atoms with Gasteiger partial charge in [0.1, 0.15) is 48.1 Å². The van der Waals surface area contributed by atoms with Crippen LogP contribution in [0.3, 0.4) is 0 Å². The maximum atomic E-state index is 11.2. The number of hydrogen-bond acceptors (Lipinski definition) is 11. The lowest BCUT2D eigenvalue weighted by Crippen LogP contribution is -2.59. The minimum atomic E-state index is -1.70. The molecular weight excluding hydrogens is 480 g/mol. The molecule has 0 saturated carbocycles. The first kappa shape index (κ1) is 25.4. The molecule has 0 radical (unpaired) electrons. The van der Waals surface area contributed by atoms with Crippen LogP contribution in [-0.2, 0) is 19.0 Å². The molecule has 0 aliphatic carbocycles. The molecule has 2 aliphatic heterocycles. The second kappa shape index (κ2) is 10.1. The van der Waals surface area contributed by atoms with Crippen molar-refractivity contribution < 1.29 is 59.1 Å². The van der Waals surface area contributed by atoms with Crippen LogP contribution in [-0.4, -0.2) is 85.8 Å². The lowest BCUT2D eigenvalue weighted by atomic mass is 9.98. The van der Waals surface area contributed by atoms with E-state index in [9.17, 15) is 35.4 Å². The number of esters is 1. The summed E-state index contributed by atoms with van der Waals surface area (Å²) in [5.74, 6) is -0.790. The molecule has 4 rings (SSSR count). The van der Waals surface area contributed by atoms with E-state index in [-0.39, 0.29) is 40.1 Å². The van der Waals surface area contributed by atoms with Crippen LogP contribution in [0.1, 0.15) is 24.2 Å². The third-order valence-electron chi connectivity index (χ3n) is 5.84. The van der Waals surface area contributed by atoms with Gasteiger partial charge in [-0.15, -0.1) is 0 Å². The van der Waals surface area contributed by atoms with Gasteiger partial charge in [-0.2, -0.15) is 0 Å². The van der Waals surface area contributed by atoms with E-state index in [2.05, 4.69) is 4.74 Å². The Morgan fingerprint density at radius 1 is 1.03 bits per heavy atom. The number of carbonyl (C=O) groups excluding carboxylic acids is 1. The standard InChI is InChI=1S/C24H26O12/c1-10(25)33-9-19-20(29)21(30)22(31)24(36-19)35-18-8-13-15(28)6-12(26)7-16(13)34-23(18)11-3-4-14(27)17(5-11)32-2/h3-8,19-24,26-31H,9H2,1-2H3/p+1. The number of aliphatic hydroxyl groups excluding tert-OH is 3. The maximum absolute atomic E-state index is 11.2. The molecule has 2 aliphatic rings. The minimum absolute atomic E-state index is 0.0649. The number of phenolic OH excluding ortho intramolecular Hbond substituents is 3. The van der Waals surface area contributed by atoms with Crippen molar-refractivity contribution in [2.45, 2.75) is 43.7 Å². The summed E-state index contributed by atoms with van der Waals surface area (Å²) in [6.45, 7) is 0.770. The Labute approximate surface area is 205 Å². The van der Waals surface area contributed by atoms with E-state index >= 15 is 0 Å². The van der Waals surface area contributed by atoms with E-state index in [1.807, 2.05) is 0 Å². The largest absolute Gasteiger partial charge is 0.571 e. The van der Waals surface area contributed by atoms with Gasteiger partial charge in [-0.05, 0) is 18.2 Å².